The van der Waals surface area contributed by atoms with Crippen LogP contribution in [0.5, 0.6) is 0 Å². The lowest BCUT2D eigenvalue weighted by Crippen LogP contribution is -2.37. The number of fused-ring (bicyclic) bond motifs is 1. The zero-order valence-corrected chi connectivity index (χ0v) is 16.8. The summed E-state index contributed by atoms with van der Waals surface area (Å²) >= 11 is 0. The van der Waals surface area contributed by atoms with Crippen molar-refractivity contribution >= 4 is 34.5 Å². The number of morpholine rings is 1. The molecule has 0 aliphatic carbocycles. The molecule has 0 radical (unpaired) electrons. The summed E-state index contributed by atoms with van der Waals surface area (Å²) in [6.07, 6.45) is 1.43. The Kier molecular flexibility index (Phi) is 5.62. The van der Waals surface area contributed by atoms with Crippen LogP contribution >= 0.6 is 0 Å². The highest BCUT2D eigenvalue weighted by atomic mass is 16.5. The van der Waals surface area contributed by atoms with E-state index in [0.29, 0.717) is 65.8 Å². The first-order chi connectivity index (χ1) is 14.6. The molecule has 0 bridgehead atoms. The molecule has 0 saturated carbocycles. The number of hydrogen-bond acceptors (Lipinski definition) is 8. The second-order valence-electron chi connectivity index (χ2n) is 6.77. The first-order valence-electron chi connectivity index (χ1n) is 9.73. The number of amides is 1. The number of anilines is 2. The van der Waals surface area contributed by atoms with Crippen molar-refractivity contribution in [1.29, 1.82) is 0 Å². The molecular formula is C21H22N4O5. The maximum absolute atomic E-state index is 13.2. The van der Waals surface area contributed by atoms with Crippen LogP contribution in [0.1, 0.15) is 33.4 Å². The van der Waals surface area contributed by atoms with Gasteiger partial charge in [-0.15, -0.1) is 0 Å². The standard InChI is InChI=1S/C21H22N4O5/c1-3-29-21(27)14-5-4-6-15(11-14)24-19(26)16-13(2)30-20-17(16)18(22-12-23-20)25-7-9-28-10-8-25/h4-6,11-12H,3,7-10H2,1-2H3,(H,24,26). The van der Waals surface area contributed by atoms with Crippen LogP contribution in [-0.4, -0.2) is 54.8 Å². The smallest absolute Gasteiger partial charge is 0.338 e. The fourth-order valence-electron chi connectivity index (χ4n) is 3.45. The third kappa shape index (κ3) is 3.84. The molecule has 1 aliphatic heterocycles. The van der Waals surface area contributed by atoms with Crippen molar-refractivity contribution in [1.82, 2.24) is 9.97 Å². The van der Waals surface area contributed by atoms with E-state index in [1.165, 1.54) is 6.33 Å². The van der Waals surface area contributed by atoms with Crippen LogP contribution in [0, 0.1) is 6.92 Å². The molecule has 1 amide bonds. The van der Waals surface area contributed by atoms with Crippen LogP contribution in [0.25, 0.3) is 11.1 Å². The summed E-state index contributed by atoms with van der Waals surface area (Å²) in [7, 11) is 0. The first kappa shape index (κ1) is 19.8. The molecule has 0 unspecified atom stereocenters. The summed E-state index contributed by atoms with van der Waals surface area (Å²) in [4.78, 5) is 35.8. The number of aromatic nitrogens is 2. The number of ether oxygens (including phenoxy) is 2. The van der Waals surface area contributed by atoms with Crippen LogP contribution < -0.4 is 10.2 Å². The van der Waals surface area contributed by atoms with Crippen molar-refractivity contribution < 1.29 is 23.5 Å². The van der Waals surface area contributed by atoms with E-state index in [2.05, 4.69) is 20.2 Å². The molecule has 0 spiro atoms. The minimum absolute atomic E-state index is 0.278. The van der Waals surface area contributed by atoms with Crippen molar-refractivity contribution in [2.45, 2.75) is 13.8 Å². The number of nitrogens with one attached hydrogen (secondary N) is 1. The second kappa shape index (κ2) is 8.50. The summed E-state index contributed by atoms with van der Waals surface area (Å²) in [6, 6.07) is 6.60. The number of furan rings is 1. The molecule has 9 heteroatoms. The molecule has 2 aromatic heterocycles. The minimum Gasteiger partial charge on any atom is -0.462 e. The largest absolute Gasteiger partial charge is 0.462 e. The molecule has 1 aliphatic rings. The van der Waals surface area contributed by atoms with Crippen molar-refractivity contribution in [3.05, 3.63) is 47.5 Å². The Morgan fingerprint density at radius 3 is 2.80 bits per heavy atom. The van der Waals surface area contributed by atoms with Gasteiger partial charge in [-0.05, 0) is 32.0 Å². The minimum atomic E-state index is -0.443. The Hall–Kier alpha value is -3.46. The van der Waals surface area contributed by atoms with E-state index in [0.717, 1.165) is 0 Å². The van der Waals surface area contributed by atoms with Gasteiger partial charge in [-0.2, -0.15) is 0 Å². The molecule has 1 aromatic carbocycles. The van der Waals surface area contributed by atoms with E-state index < -0.39 is 5.97 Å². The quantitative estimate of drug-likeness (QED) is 0.640. The molecule has 3 aromatic rings. The van der Waals surface area contributed by atoms with E-state index in [-0.39, 0.29) is 12.5 Å². The SMILES string of the molecule is CCOC(=O)c1cccc(NC(=O)c2c(C)oc3ncnc(N4CCOCC4)c23)c1. The van der Waals surface area contributed by atoms with Crippen molar-refractivity contribution in [3.63, 3.8) is 0 Å². The molecule has 9 nitrogen and oxygen atoms in total. The molecule has 1 fully saturated rings. The molecule has 30 heavy (non-hydrogen) atoms. The summed E-state index contributed by atoms with van der Waals surface area (Å²) in [5.41, 5.74) is 1.56. The van der Waals surface area contributed by atoms with Gasteiger partial charge in [0.15, 0.2) is 0 Å². The Labute approximate surface area is 173 Å². The Morgan fingerprint density at radius 1 is 1.23 bits per heavy atom. The zero-order chi connectivity index (χ0) is 21.1. The van der Waals surface area contributed by atoms with E-state index in [1.807, 2.05) is 0 Å². The number of hydrogen-bond donors (Lipinski definition) is 1. The van der Waals surface area contributed by atoms with Crippen LogP contribution in [0.2, 0.25) is 0 Å². The van der Waals surface area contributed by atoms with E-state index in [1.54, 1.807) is 38.1 Å². The lowest BCUT2D eigenvalue weighted by atomic mass is 10.1. The fraction of sp³-hybridized carbons (Fsp3) is 0.333. The molecule has 3 heterocycles. The number of esters is 1. The van der Waals surface area contributed by atoms with Crippen molar-refractivity contribution in [2.24, 2.45) is 0 Å². The van der Waals surface area contributed by atoms with Gasteiger partial charge in [0, 0.05) is 18.8 Å². The number of carbonyl (C=O) groups excluding carboxylic acids is 2. The normalized spacial score (nSPS) is 14.0. The summed E-state index contributed by atoms with van der Waals surface area (Å²) in [5, 5.41) is 3.41. The number of carbonyl (C=O) groups is 2. The van der Waals surface area contributed by atoms with Gasteiger partial charge in [0.2, 0.25) is 5.71 Å². The number of aryl methyl sites for hydroxylation is 1. The van der Waals surface area contributed by atoms with E-state index in [9.17, 15) is 9.59 Å². The Morgan fingerprint density at radius 2 is 2.03 bits per heavy atom. The van der Waals surface area contributed by atoms with Gasteiger partial charge in [-0.1, -0.05) is 6.07 Å². The monoisotopic (exact) mass is 410 g/mol. The molecule has 0 atom stereocenters. The first-order valence-corrected chi connectivity index (χ1v) is 9.73. The molecule has 4 rings (SSSR count). The van der Waals surface area contributed by atoms with Crippen LogP contribution in [0.3, 0.4) is 0 Å². The van der Waals surface area contributed by atoms with Gasteiger partial charge in [-0.3, -0.25) is 4.79 Å². The van der Waals surface area contributed by atoms with Gasteiger partial charge in [-0.25, -0.2) is 14.8 Å². The topological polar surface area (TPSA) is 107 Å². The van der Waals surface area contributed by atoms with Gasteiger partial charge in [0.1, 0.15) is 17.9 Å². The van der Waals surface area contributed by atoms with Crippen molar-refractivity contribution in [3.8, 4) is 0 Å². The highest BCUT2D eigenvalue weighted by Gasteiger charge is 2.26. The maximum Gasteiger partial charge on any atom is 0.338 e. The van der Waals surface area contributed by atoms with Crippen LogP contribution in [-0.2, 0) is 9.47 Å². The average molecular weight is 410 g/mol. The van der Waals surface area contributed by atoms with Gasteiger partial charge in [0.05, 0.1) is 36.3 Å². The lowest BCUT2D eigenvalue weighted by Gasteiger charge is -2.28. The third-order valence-electron chi connectivity index (χ3n) is 4.81. The maximum atomic E-state index is 13.2. The Bertz CT molecular complexity index is 1090. The predicted octanol–water partition coefficient (Wildman–Crippen LogP) is 2.80. The highest BCUT2D eigenvalue weighted by molar-refractivity contribution is 6.15. The predicted molar refractivity (Wildman–Crippen MR) is 110 cm³/mol. The second-order valence-corrected chi connectivity index (χ2v) is 6.77. The molecular weight excluding hydrogens is 388 g/mol. The summed E-state index contributed by atoms with van der Waals surface area (Å²) in [5.74, 6) is 0.280. The molecule has 156 valence electrons. The summed E-state index contributed by atoms with van der Waals surface area (Å²) < 4.78 is 16.2. The Balaban J connectivity index is 1.68. The van der Waals surface area contributed by atoms with Crippen molar-refractivity contribution in [2.75, 3.05) is 43.1 Å². The van der Waals surface area contributed by atoms with Crippen LogP contribution in [0.4, 0.5) is 11.5 Å². The van der Waals surface area contributed by atoms with Gasteiger partial charge < -0.3 is 24.1 Å². The highest BCUT2D eigenvalue weighted by Crippen LogP contribution is 2.32. The number of benzene rings is 1. The number of rotatable bonds is 5. The summed E-state index contributed by atoms with van der Waals surface area (Å²) in [6.45, 7) is 6.24. The van der Waals surface area contributed by atoms with Crippen LogP contribution in [0.15, 0.2) is 35.0 Å². The number of nitrogens with zero attached hydrogens (tertiary/aromatic N) is 3. The third-order valence-corrected chi connectivity index (χ3v) is 4.81. The lowest BCUT2D eigenvalue weighted by molar-refractivity contribution is 0.0526. The van der Waals surface area contributed by atoms with E-state index in [4.69, 9.17) is 13.9 Å². The fourth-order valence-corrected chi connectivity index (χ4v) is 3.45. The average Bonchev–Trinajstić information content (AvgIpc) is 3.10. The van der Waals surface area contributed by atoms with Gasteiger partial charge >= 0.3 is 5.97 Å². The molecule has 1 N–H and O–H groups in total. The van der Waals surface area contributed by atoms with Gasteiger partial charge in [0.25, 0.3) is 5.91 Å². The molecule has 1 saturated heterocycles. The van der Waals surface area contributed by atoms with E-state index >= 15 is 0 Å². The zero-order valence-electron chi connectivity index (χ0n) is 16.8.